The summed E-state index contributed by atoms with van der Waals surface area (Å²) in [5.74, 6) is 1.07. The van der Waals surface area contributed by atoms with Gasteiger partial charge in [0.25, 0.3) is 0 Å². The van der Waals surface area contributed by atoms with Crippen molar-refractivity contribution >= 4 is 22.0 Å². The summed E-state index contributed by atoms with van der Waals surface area (Å²) in [5.41, 5.74) is 5.36. The van der Waals surface area contributed by atoms with Crippen molar-refractivity contribution in [1.82, 2.24) is 0 Å². The minimum Gasteiger partial charge on any atom is -0.0622 e. The zero-order chi connectivity index (χ0) is 16.2. The number of benzene rings is 3. The van der Waals surface area contributed by atoms with Gasteiger partial charge in [-0.3, -0.25) is 0 Å². The van der Waals surface area contributed by atoms with Gasteiger partial charge in [-0.25, -0.2) is 0 Å². The van der Waals surface area contributed by atoms with E-state index in [4.69, 9.17) is 0 Å². The molecule has 24 heavy (non-hydrogen) atoms. The third-order valence-electron chi connectivity index (χ3n) is 4.21. The molecule has 1 heteroatoms. The summed E-state index contributed by atoms with van der Waals surface area (Å²) in [4.78, 5) is 1.41. The second kappa shape index (κ2) is 6.94. The summed E-state index contributed by atoms with van der Waals surface area (Å²) in [6.45, 7) is 0. The highest BCUT2D eigenvalue weighted by atomic mass is 32.2. The number of rotatable bonds is 3. The lowest BCUT2D eigenvalue weighted by Crippen LogP contribution is -2.11. The van der Waals surface area contributed by atoms with Gasteiger partial charge >= 0.3 is 0 Å². The molecule has 0 aromatic heterocycles. The standard InChI is InChI=1S/C23H19S/c1-4-10-19(11-5-1)21-16-22(20-12-6-2-7-13-20)18-24(17-21)23-14-8-3-9-15-23/h1-17H,18H2/q+1. The fourth-order valence-electron chi connectivity index (χ4n) is 2.97. The van der Waals surface area contributed by atoms with Crippen LogP contribution in [0.2, 0.25) is 0 Å². The monoisotopic (exact) mass is 327 g/mol. The van der Waals surface area contributed by atoms with E-state index in [2.05, 4.69) is 102 Å². The van der Waals surface area contributed by atoms with E-state index in [1.54, 1.807) is 0 Å². The van der Waals surface area contributed by atoms with Crippen molar-refractivity contribution in [2.45, 2.75) is 4.90 Å². The van der Waals surface area contributed by atoms with Crippen molar-refractivity contribution in [1.29, 1.82) is 0 Å². The molecule has 0 saturated heterocycles. The smallest absolute Gasteiger partial charge is 0.0622 e. The van der Waals surface area contributed by atoms with Crippen molar-refractivity contribution < 1.29 is 0 Å². The summed E-state index contributed by atoms with van der Waals surface area (Å²) in [6, 6.07) is 32.3. The Labute approximate surface area is 146 Å². The van der Waals surface area contributed by atoms with E-state index in [-0.39, 0.29) is 10.9 Å². The minimum atomic E-state index is 0.101. The highest BCUT2D eigenvalue weighted by molar-refractivity contribution is 8.00. The van der Waals surface area contributed by atoms with Crippen molar-refractivity contribution in [3.05, 3.63) is 114 Å². The SMILES string of the molecule is C1=C(c2ccccc2)C=C(c2ccccc2)C[S+]1c1ccccc1. The van der Waals surface area contributed by atoms with Gasteiger partial charge in [-0.1, -0.05) is 78.9 Å². The molecule has 0 spiro atoms. The van der Waals surface area contributed by atoms with Crippen LogP contribution < -0.4 is 0 Å². The van der Waals surface area contributed by atoms with Gasteiger partial charge in [-0.05, 0) is 29.3 Å². The highest BCUT2D eigenvalue weighted by Gasteiger charge is 2.27. The van der Waals surface area contributed by atoms with Crippen LogP contribution in [0.15, 0.2) is 107 Å². The number of allylic oxidation sites excluding steroid dienone is 2. The molecule has 0 fully saturated rings. The largest absolute Gasteiger partial charge is 0.160 e. The lowest BCUT2D eigenvalue weighted by atomic mass is 10.0. The van der Waals surface area contributed by atoms with E-state index in [1.165, 1.54) is 27.2 Å². The molecule has 3 aromatic rings. The topological polar surface area (TPSA) is 0 Å². The Morgan fingerprint density at radius 1 is 0.583 bits per heavy atom. The maximum Gasteiger partial charge on any atom is 0.160 e. The fraction of sp³-hybridized carbons (Fsp3) is 0.0435. The normalized spacial score (nSPS) is 17.1. The van der Waals surface area contributed by atoms with Gasteiger partial charge in [0, 0.05) is 11.1 Å². The molecular weight excluding hydrogens is 308 g/mol. The van der Waals surface area contributed by atoms with Gasteiger partial charge in [-0.2, -0.15) is 0 Å². The lowest BCUT2D eigenvalue weighted by Gasteiger charge is -2.15. The van der Waals surface area contributed by atoms with Crippen LogP contribution in [-0.4, -0.2) is 5.75 Å². The van der Waals surface area contributed by atoms with Crippen molar-refractivity contribution in [2.24, 2.45) is 0 Å². The first-order valence-electron chi connectivity index (χ1n) is 8.18. The Balaban J connectivity index is 1.79. The third-order valence-corrected chi connectivity index (χ3v) is 6.25. The predicted molar refractivity (Wildman–Crippen MR) is 106 cm³/mol. The Hall–Kier alpha value is -2.51. The summed E-state index contributed by atoms with van der Waals surface area (Å²) in [6.07, 6.45) is 2.36. The van der Waals surface area contributed by atoms with Crippen molar-refractivity contribution in [2.75, 3.05) is 5.75 Å². The van der Waals surface area contributed by atoms with Crippen molar-refractivity contribution in [3.63, 3.8) is 0 Å². The van der Waals surface area contributed by atoms with Gasteiger partial charge in [0.05, 0.1) is 10.9 Å². The molecule has 3 aromatic carbocycles. The summed E-state index contributed by atoms with van der Waals surface area (Å²) in [7, 11) is 0.101. The Morgan fingerprint density at radius 2 is 1.12 bits per heavy atom. The maximum atomic E-state index is 2.44. The van der Waals surface area contributed by atoms with E-state index in [0.717, 1.165) is 5.75 Å². The molecule has 1 heterocycles. The van der Waals surface area contributed by atoms with E-state index in [1.807, 2.05) is 0 Å². The van der Waals surface area contributed by atoms with Crippen LogP contribution in [0.4, 0.5) is 0 Å². The Kier molecular flexibility index (Phi) is 4.35. The zero-order valence-corrected chi connectivity index (χ0v) is 14.2. The molecule has 1 aliphatic heterocycles. The van der Waals surface area contributed by atoms with Crippen molar-refractivity contribution in [3.8, 4) is 0 Å². The number of hydrogen-bond acceptors (Lipinski definition) is 0. The van der Waals surface area contributed by atoms with E-state index in [9.17, 15) is 0 Å². The Bertz CT molecular complexity index is 862. The Morgan fingerprint density at radius 3 is 1.75 bits per heavy atom. The molecule has 0 nitrogen and oxygen atoms in total. The van der Waals surface area contributed by atoms with E-state index < -0.39 is 0 Å². The van der Waals surface area contributed by atoms with Gasteiger partial charge in [0.15, 0.2) is 4.90 Å². The van der Waals surface area contributed by atoms with E-state index in [0.29, 0.717) is 0 Å². The molecule has 1 aliphatic rings. The molecule has 0 N–H and O–H groups in total. The second-order valence-corrected chi connectivity index (χ2v) is 7.71. The molecule has 0 radical (unpaired) electrons. The maximum absolute atomic E-state index is 2.44. The van der Waals surface area contributed by atoms with E-state index >= 15 is 0 Å². The quantitative estimate of drug-likeness (QED) is 0.533. The molecule has 0 amide bonds. The summed E-state index contributed by atoms with van der Waals surface area (Å²) < 4.78 is 0. The van der Waals surface area contributed by atoms with Crippen LogP contribution in [0.25, 0.3) is 11.1 Å². The fourth-order valence-corrected chi connectivity index (χ4v) is 4.96. The van der Waals surface area contributed by atoms with Crippen LogP contribution >= 0.6 is 0 Å². The molecule has 1 unspecified atom stereocenters. The first-order chi connectivity index (χ1) is 11.9. The van der Waals surface area contributed by atoms with Crippen LogP contribution in [0.1, 0.15) is 11.1 Å². The van der Waals surface area contributed by atoms with Gasteiger partial charge in [-0.15, -0.1) is 0 Å². The number of hydrogen-bond donors (Lipinski definition) is 0. The average molecular weight is 327 g/mol. The summed E-state index contributed by atoms with van der Waals surface area (Å²) >= 11 is 0. The molecular formula is C23H19S+. The minimum absolute atomic E-state index is 0.101. The molecule has 1 atom stereocenters. The lowest BCUT2D eigenvalue weighted by molar-refractivity contribution is 1.44. The highest BCUT2D eigenvalue weighted by Crippen LogP contribution is 2.33. The molecule has 0 aliphatic carbocycles. The first kappa shape index (κ1) is 15.0. The van der Waals surface area contributed by atoms with Crippen LogP contribution in [-0.2, 0) is 10.9 Å². The molecule has 116 valence electrons. The average Bonchev–Trinajstić information content (AvgIpc) is 2.70. The summed E-state index contributed by atoms with van der Waals surface area (Å²) in [5, 5.41) is 2.44. The van der Waals surface area contributed by atoms with Crippen LogP contribution in [0.3, 0.4) is 0 Å². The van der Waals surface area contributed by atoms with Gasteiger partial charge < -0.3 is 0 Å². The molecule has 0 saturated carbocycles. The molecule has 0 bridgehead atoms. The third kappa shape index (κ3) is 3.22. The predicted octanol–water partition coefficient (Wildman–Crippen LogP) is 5.80. The zero-order valence-electron chi connectivity index (χ0n) is 13.4. The van der Waals surface area contributed by atoms with Crippen LogP contribution in [0, 0.1) is 0 Å². The first-order valence-corrected chi connectivity index (χ1v) is 9.64. The van der Waals surface area contributed by atoms with Gasteiger partial charge in [0.1, 0.15) is 11.2 Å². The van der Waals surface area contributed by atoms with Gasteiger partial charge in [0.2, 0.25) is 0 Å². The second-order valence-electron chi connectivity index (χ2n) is 5.86. The van der Waals surface area contributed by atoms with Crippen LogP contribution in [0.5, 0.6) is 0 Å². The molecule has 4 rings (SSSR count).